The van der Waals surface area contributed by atoms with Crippen molar-refractivity contribution < 1.29 is 28.2 Å². The average Bonchev–Trinajstić information content (AvgIpc) is 2.78. The number of benzene rings is 2. The van der Waals surface area contributed by atoms with Gasteiger partial charge in [-0.1, -0.05) is 23.9 Å². The summed E-state index contributed by atoms with van der Waals surface area (Å²) in [4.78, 5) is 18.8. The summed E-state index contributed by atoms with van der Waals surface area (Å²) in [5, 5.41) is 18.4. The Kier molecular flexibility index (Phi) is 7.18. The quantitative estimate of drug-likeness (QED) is 0.624. The number of hydrogen-bond donors (Lipinski definition) is 2. The first-order valence-electron chi connectivity index (χ1n) is 10.8. The van der Waals surface area contributed by atoms with Crippen LogP contribution in [0.1, 0.15) is 12.0 Å². The zero-order valence-electron chi connectivity index (χ0n) is 18.0. The summed E-state index contributed by atoms with van der Waals surface area (Å²) < 4.78 is 40.0. The number of aliphatic carboxylic acids is 1. The van der Waals surface area contributed by atoms with Gasteiger partial charge in [-0.05, 0) is 43.3 Å². The van der Waals surface area contributed by atoms with E-state index in [0.29, 0.717) is 25.3 Å². The summed E-state index contributed by atoms with van der Waals surface area (Å²) in [7, 11) is 0. The van der Waals surface area contributed by atoms with E-state index in [4.69, 9.17) is 5.11 Å². The predicted octanol–water partition coefficient (Wildman–Crippen LogP) is 3.76. The highest BCUT2D eigenvalue weighted by Crippen LogP contribution is 2.49. The van der Waals surface area contributed by atoms with Gasteiger partial charge in [-0.2, -0.15) is 13.2 Å². The second-order valence-electron chi connectivity index (χ2n) is 8.25. The lowest BCUT2D eigenvalue weighted by Gasteiger charge is -2.36. The van der Waals surface area contributed by atoms with Crippen LogP contribution in [0.3, 0.4) is 0 Å². The standard InChI is InChI=1S/C23H26F3N3O3S/c24-23(25,26)16-6-7-21-18(14-16)29(17-4-1-2-5-20(17)33-21)9-3-8-27-10-12-28(13-11-27)15-19(30)22(31)32/h1-2,4-7,14,19,30H,3,8-13,15H2,(H,31,32). The zero-order chi connectivity index (χ0) is 23.6. The van der Waals surface area contributed by atoms with Gasteiger partial charge in [-0.3, -0.25) is 4.90 Å². The fourth-order valence-electron chi connectivity index (χ4n) is 4.22. The van der Waals surface area contributed by atoms with Crippen molar-refractivity contribution >= 4 is 29.1 Å². The number of halogens is 3. The topological polar surface area (TPSA) is 67.2 Å². The van der Waals surface area contributed by atoms with E-state index in [-0.39, 0.29) is 6.54 Å². The summed E-state index contributed by atoms with van der Waals surface area (Å²) in [6, 6.07) is 11.7. The number of aliphatic hydroxyl groups excluding tert-OH is 1. The van der Waals surface area contributed by atoms with Gasteiger partial charge in [0, 0.05) is 49.1 Å². The minimum absolute atomic E-state index is 0.115. The van der Waals surface area contributed by atoms with Gasteiger partial charge in [-0.15, -0.1) is 0 Å². The minimum Gasteiger partial charge on any atom is -0.479 e. The Morgan fingerprint density at radius 2 is 1.64 bits per heavy atom. The number of piperazine rings is 1. The molecule has 33 heavy (non-hydrogen) atoms. The molecule has 2 N–H and O–H groups in total. The van der Waals surface area contributed by atoms with Gasteiger partial charge in [0.15, 0.2) is 6.10 Å². The first-order valence-corrected chi connectivity index (χ1v) is 11.7. The van der Waals surface area contributed by atoms with Gasteiger partial charge < -0.3 is 20.0 Å². The Morgan fingerprint density at radius 1 is 0.970 bits per heavy atom. The molecule has 2 aromatic carbocycles. The molecule has 1 atom stereocenters. The van der Waals surface area contributed by atoms with E-state index in [2.05, 4.69) is 4.90 Å². The maximum atomic E-state index is 13.3. The summed E-state index contributed by atoms with van der Waals surface area (Å²) in [6.45, 7) is 4.35. The Balaban J connectivity index is 1.40. The number of alkyl halides is 3. The number of carboxylic acids is 1. The SMILES string of the molecule is O=C(O)C(O)CN1CCN(CCCN2c3ccccc3Sc3ccc(C(F)(F)F)cc32)CC1. The smallest absolute Gasteiger partial charge is 0.416 e. The highest BCUT2D eigenvalue weighted by Gasteiger charge is 2.33. The number of aliphatic hydroxyl groups is 1. The number of carboxylic acid groups (broad SMARTS) is 1. The Labute approximate surface area is 194 Å². The number of para-hydroxylation sites is 1. The van der Waals surface area contributed by atoms with E-state index in [1.54, 1.807) is 6.07 Å². The van der Waals surface area contributed by atoms with Gasteiger partial charge in [-0.25, -0.2) is 4.79 Å². The molecule has 4 rings (SSSR count). The Morgan fingerprint density at radius 3 is 2.33 bits per heavy atom. The Hall–Kier alpha value is -2.27. The number of anilines is 2. The normalized spacial score (nSPS) is 18.0. The lowest BCUT2D eigenvalue weighted by molar-refractivity contribution is -0.147. The van der Waals surface area contributed by atoms with Crippen LogP contribution in [0.5, 0.6) is 0 Å². The summed E-state index contributed by atoms with van der Waals surface area (Å²) in [5.74, 6) is -1.22. The van der Waals surface area contributed by atoms with Crippen molar-refractivity contribution in [2.24, 2.45) is 0 Å². The van der Waals surface area contributed by atoms with E-state index < -0.39 is 23.8 Å². The first kappa shape index (κ1) is 23.9. The van der Waals surface area contributed by atoms with Crippen molar-refractivity contribution in [2.75, 3.05) is 50.7 Å². The second-order valence-corrected chi connectivity index (χ2v) is 9.34. The van der Waals surface area contributed by atoms with Gasteiger partial charge in [0.05, 0.1) is 16.9 Å². The molecule has 0 bridgehead atoms. The third-order valence-corrected chi connectivity index (χ3v) is 7.12. The number of rotatable bonds is 7. The van der Waals surface area contributed by atoms with Crippen LogP contribution in [0.15, 0.2) is 52.3 Å². The molecule has 0 aliphatic carbocycles. The number of carbonyl (C=O) groups is 1. The van der Waals surface area contributed by atoms with Crippen molar-refractivity contribution in [2.45, 2.75) is 28.5 Å². The van der Waals surface area contributed by atoms with E-state index in [9.17, 15) is 23.1 Å². The van der Waals surface area contributed by atoms with Crippen molar-refractivity contribution in [3.63, 3.8) is 0 Å². The fraction of sp³-hybridized carbons (Fsp3) is 0.435. The summed E-state index contributed by atoms with van der Waals surface area (Å²) in [6.07, 6.45) is -5.00. The average molecular weight is 482 g/mol. The van der Waals surface area contributed by atoms with E-state index in [1.807, 2.05) is 34.1 Å². The van der Waals surface area contributed by atoms with Crippen LogP contribution in [0.4, 0.5) is 24.5 Å². The lowest BCUT2D eigenvalue weighted by atomic mass is 10.1. The fourth-order valence-corrected chi connectivity index (χ4v) is 5.29. The highest BCUT2D eigenvalue weighted by molar-refractivity contribution is 7.99. The Bertz CT molecular complexity index is 996. The molecule has 6 nitrogen and oxygen atoms in total. The molecule has 0 saturated carbocycles. The molecule has 2 aliphatic heterocycles. The van der Waals surface area contributed by atoms with Gasteiger partial charge in [0.25, 0.3) is 0 Å². The molecule has 178 valence electrons. The van der Waals surface area contributed by atoms with E-state index in [0.717, 1.165) is 47.6 Å². The van der Waals surface area contributed by atoms with Crippen LogP contribution < -0.4 is 4.90 Å². The molecule has 2 heterocycles. The predicted molar refractivity (Wildman–Crippen MR) is 120 cm³/mol. The minimum atomic E-state index is -4.39. The van der Waals surface area contributed by atoms with Crippen molar-refractivity contribution in [3.8, 4) is 0 Å². The number of nitrogens with zero attached hydrogens (tertiary/aromatic N) is 3. The van der Waals surface area contributed by atoms with Gasteiger partial charge in [0.1, 0.15) is 0 Å². The number of hydrogen-bond acceptors (Lipinski definition) is 6. The van der Waals surface area contributed by atoms with E-state index >= 15 is 0 Å². The monoisotopic (exact) mass is 481 g/mol. The third-order valence-electron chi connectivity index (χ3n) is 5.99. The molecule has 1 saturated heterocycles. The molecule has 2 aromatic rings. The maximum absolute atomic E-state index is 13.3. The molecule has 1 unspecified atom stereocenters. The molecule has 0 spiro atoms. The summed E-state index contributed by atoms with van der Waals surface area (Å²) >= 11 is 1.49. The van der Waals surface area contributed by atoms with Crippen molar-refractivity contribution in [1.29, 1.82) is 0 Å². The van der Waals surface area contributed by atoms with Crippen molar-refractivity contribution in [1.82, 2.24) is 9.80 Å². The molecule has 10 heteroatoms. The second kappa shape index (κ2) is 9.92. The largest absolute Gasteiger partial charge is 0.479 e. The van der Waals surface area contributed by atoms with Crippen LogP contribution in [0.2, 0.25) is 0 Å². The van der Waals surface area contributed by atoms with Crippen LogP contribution in [0, 0.1) is 0 Å². The molecular formula is C23H26F3N3O3S. The highest BCUT2D eigenvalue weighted by atomic mass is 32.2. The summed E-state index contributed by atoms with van der Waals surface area (Å²) in [5.41, 5.74) is 0.855. The first-order chi connectivity index (χ1) is 15.7. The lowest BCUT2D eigenvalue weighted by Crippen LogP contribution is -2.49. The molecular weight excluding hydrogens is 455 g/mol. The molecule has 0 aromatic heterocycles. The molecule has 2 aliphatic rings. The molecule has 0 radical (unpaired) electrons. The van der Waals surface area contributed by atoms with Crippen LogP contribution >= 0.6 is 11.8 Å². The molecule has 0 amide bonds. The maximum Gasteiger partial charge on any atom is 0.416 e. The van der Waals surface area contributed by atoms with Crippen LogP contribution in [-0.2, 0) is 11.0 Å². The van der Waals surface area contributed by atoms with Crippen LogP contribution in [-0.4, -0.2) is 77.9 Å². The van der Waals surface area contributed by atoms with Crippen LogP contribution in [0.25, 0.3) is 0 Å². The zero-order valence-corrected chi connectivity index (χ0v) is 18.8. The van der Waals surface area contributed by atoms with Gasteiger partial charge in [0.2, 0.25) is 0 Å². The van der Waals surface area contributed by atoms with Crippen molar-refractivity contribution in [3.05, 3.63) is 48.0 Å². The van der Waals surface area contributed by atoms with E-state index in [1.165, 1.54) is 17.8 Å². The number of β-amino-alcohol motifs (C(OH)–C–C–N with tert-alkyl or cyclic N) is 1. The van der Waals surface area contributed by atoms with Gasteiger partial charge >= 0.3 is 12.1 Å². The molecule has 1 fully saturated rings. The number of fused-ring (bicyclic) bond motifs is 2. The third kappa shape index (κ3) is 5.63.